The number of carbonyl (C=O) groups excluding carboxylic acids is 2. The second-order valence-electron chi connectivity index (χ2n) is 6.64. The highest BCUT2D eigenvalue weighted by Gasteiger charge is 2.21. The Kier molecular flexibility index (Phi) is 7.24. The third-order valence-electron chi connectivity index (χ3n) is 4.38. The average molecular weight is 464 g/mol. The molecule has 34 heavy (non-hydrogen) atoms. The van der Waals surface area contributed by atoms with Crippen LogP contribution in [0.5, 0.6) is 11.5 Å². The molecule has 3 aromatic carbocycles. The number of hydrogen-bond donors (Lipinski definition) is 1. The molecule has 12 heteroatoms. The molecule has 0 aromatic heterocycles. The summed E-state index contributed by atoms with van der Waals surface area (Å²) in [6.45, 7) is 0. The van der Waals surface area contributed by atoms with E-state index in [1.165, 1.54) is 25.5 Å². The van der Waals surface area contributed by atoms with Gasteiger partial charge in [0.15, 0.2) is 0 Å². The van der Waals surface area contributed by atoms with E-state index in [0.717, 1.165) is 18.2 Å². The van der Waals surface area contributed by atoms with E-state index in [4.69, 9.17) is 9.47 Å². The van der Waals surface area contributed by atoms with Crippen molar-refractivity contribution in [1.82, 2.24) is 5.43 Å². The predicted molar refractivity (Wildman–Crippen MR) is 119 cm³/mol. The molecular weight excluding hydrogens is 448 g/mol. The van der Waals surface area contributed by atoms with Crippen LogP contribution >= 0.6 is 0 Å². The lowest BCUT2D eigenvalue weighted by Gasteiger charge is -2.05. The summed E-state index contributed by atoms with van der Waals surface area (Å²) in [6.07, 6.45) is 1.37. The van der Waals surface area contributed by atoms with Crippen molar-refractivity contribution in [2.75, 3.05) is 7.11 Å². The van der Waals surface area contributed by atoms with Crippen molar-refractivity contribution >= 4 is 29.5 Å². The summed E-state index contributed by atoms with van der Waals surface area (Å²) in [5.74, 6) is -0.710. The number of methoxy groups -OCH3 is 1. The number of nitrogens with one attached hydrogen (secondary N) is 1. The zero-order chi connectivity index (χ0) is 24.7. The van der Waals surface area contributed by atoms with Gasteiger partial charge < -0.3 is 9.47 Å². The van der Waals surface area contributed by atoms with Gasteiger partial charge in [0.05, 0.1) is 34.8 Å². The highest BCUT2D eigenvalue weighted by atomic mass is 16.6. The van der Waals surface area contributed by atoms with Crippen LogP contribution in [0.25, 0.3) is 0 Å². The second-order valence-corrected chi connectivity index (χ2v) is 6.64. The summed E-state index contributed by atoms with van der Waals surface area (Å²) in [7, 11) is 1.52. The zero-order valence-corrected chi connectivity index (χ0v) is 17.5. The Balaban J connectivity index is 1.63. The Labute approximate surface area is 191 Å². The van der Waals surface area contributed by atoms with E-state index in [-0.39, 0.29) is 11.3 Å². The van der Waals surface area contributed by atoms with Crippen LogP contribution in [0, 0.1) is 20.2 Å². The van der Waals surface area contributed by atoms with Crippen LogP contribution in [0.4, 0.5) is 11.4 Å². The van der Waals surface area contributed by atoms with Crippen molar-refractivity contribution in [3.63, 3.8) is 0 Å². The van der Waals surface area contributed by atoms with Gasteiger partial charge >= 0.3 is 5.97 Å². The maximum absolute atomic E-state index is 12.3. The van der Waals surface area contributed by atoms with E-state index in [1.54, 1.807) is 36.4 Å². The van der Waals surface area contributed by atoms with Crippen molar-refractivity contribution in [1.29, 1.82) is 0 Å². The molecule has 0 radical (unpaired) electrons. The molecule has 3 aromatic rings. The van der Waals surface area contributed by atoms with Crippen LogP contribution in [0.1, 0.15) is 26.3 Å². The van der Waals surface area contributed by atoms with Crippen LogP contribution < -0.4 is 14.9 Å². The summed E-state index contributed by atoms with van der Waals surface area (Å²) in [4.78, 5) is 44.6. The van der Waals surface area contributed by atoms with Gasteiger partial charge in [0.25, 0.3) is 17.3 Å². The number of non-ortho nitro benzene ring substituents is 2. The van der Waals surface area contributed by atoms with E-state index in [9.17, 15) is 29.8 Å². The molecule has 0 aliphatic rings. The van der Waals surface area contributed by atoms with E-state index in [2.05, 4.69) is 10.5 Å². The van der Waals surface area contributed by atoms with E-state index >= 15 is 0 Å². The largest absolute Gasteiger partial charge is 0.497 e. The fraction of sp³-hybridized carbons (Fsp3) is 0.0455. The number of hydrogen-bond acceptors (Lipinski definition) is 9. The third kappa shape index (κ3) is 5.97. The van der Waals surface area contributed by atoms with Crippen molar-refractivity contribution < 1.29 is 28.9 Å². The molecule has 0 spiro atoms. The topological polar surface area (TPSA) is 163 Å². The van der Waals surface area contributed by atoms with Gasteiger partial charge in [-0.05, 0) is 54.1 Å². The SMILES string of the molecule is COc1ccc(C(=O)N/N=C/c2ccc(OC(=O)c3cc([N+](=O)[O-])cc([N+](=O)[O-])c3)cc2)cc1. The Bertz CT molecular complexity index is 1240. The summed E-state index contributed by atoms with van der Waals surface area (Å²) in [5, 5.41) is 25.8. The molecule has 0 saturated carbocycles. The highest BCUT2D eigenvalue weighted by molar-refractivity contribution is 5.95. The monoisotopic (exact) mass is 464 g/mol. The molecule has 0 aliphatic heterocycles. The van der Waals surface area contributed by atoms with E-state index in [0.29, 0.717) is 16.9 Å². The lowest BCUT2D eigenvalue weighted by Crippen LogP contribution is -2.17. The number of amides is 1. The van der Waals surface area contributed by atoms with Crippen LogP contribution in [-0.4, -0.2) is 35.0 Å². The first-order valence-corrected chi connectivity index (χ1v) is 9.50. The van der Waals surface area contributed by atoms with Crippen molar-refractivity contribution in [3.05, 3.63) is 104 Å². The number of nitrogens with zero attached hydrogens (tertiary/aromatic N) is 3. The number of carbonyl (C=O) groups is 2. The number of hydrazone groups is 1. The Morgan fingerprint density at radius 1 is 0.853 bits per heavy atom. The van der Waals surface area contributed by atoms with Gasteiger partial charge in [0, 0.05) is 17.7 Å². The number of benzene rings is 3. The molecule has 12 nitrogen and oxygen atoms in total. The molecule has 0 aliphatic carbocycles. The molecule has 0 unspecified atom stereocenters. The van der Waals surface area contributed by atoms with Gasteiger partial charge in [0.1, 0.15) is 11.5 Å². The molecule has 172 valence electrons. The smallest absolute Gasteiger partial charge is 0.344 e. The number of ether oxygens (including phenoxy) is 2. The minimum atomic E-state index is -1.00. The summed E-state index contributed by atoms with van der Waals surface area (Å²) in [5.41, 5.74) is 1.78. The third-order valence-corrected chi connectivity index (χ3v) is 4.38. The molecule has 1 amide bonds. The van der Waals surface area contributed by atoms with Gasteiger partial charge in [-0.2, -0.15) is 5.10 Å². The number of nitro groups is 2. The van der Waals surface area contributed by atoms with E-state index in [1.807, 2.05) is 0 Å². The second kappa shape index (κ2) is 10.5. The van der Waals surface area contributed by atoms with Crippen LogP contribution in [0.3, 0.4) is 0 Å². The first kappa shape index (κ1) is 23.5. The Morgan fingerprint density at radius 3 is 1.94 bits per heavy atom. The van der Waals surface area contributed by atoms with Crippen molar-refractivity contribution in [3.8, 4) is 11.5 Å². The first-order valence-electron chi connectivity index (χ1n) is 9.50. The van der Waals surface area contributed by atoms with Crippen LogP contribution in [-0.2, 0) is 0 Å². The molecule has 1 N–H and O–H groups in total. The standard InChI is InChI=1S/C22H16N4O8/c1-33-19-8-4-15(5-9-19)21(27)24-23-13-14-2-6-20(7-3-14)34-22(28)16-10-17(25(29)30)12-18(11-16)26(31)32/h2-13H,1H3,(H,24,27)/b23-13+. The maximum Gasteiger partial charge on any atom is 0.344 e. The number of rotatable bonds is 8. The fourth-order valence-corrected chi connectivity index (χ4v) is 2.68. The molecule has 0 atom stereocenters. The van der Waals surface area contributed by atoms with Crippen LogP contribution in [0.15, 0.2) is 71.8 Å². The summed E-state index contributed by atoms with van der Waals surface area (Å²) < 4.78 is 10.2. The van der Waals surface area contributed by atoms with Crippen molar-refractivity contribution in [2.45, 2.75) is 0 Å². The maximum atomic E-state index is 12.3. The first-order chi connectivity index (χ1) is 16.3. The summed E-state index contributed by atoms with van der Waals surface area (Å²) >= 11 is 0. The van der Waals surface area contributed by atoms with Crippen LogP contribution in [0.2, 0.25) is 0 Å². The molecule has 0 fully saturated rings. The molecule has 3 rings (SSSR count). The molecule has 0 bridgehead atoms. The Morgan fingerprint density at radius 2 is 1.41 bits per heavy atom. The molecule has 0 heterocycles. The molecule has 0 saturated heterocycles. The fourth-order valence-electron chi connectivity index (χ4n) is 2.68. The lowest BCUT2D eigenvalue weighted by atomic mass is 10.1. The molecular formula is C22H16N4O8. The number of nitro benzene ring substituents is 2. The number of esters is 1. The summed E-state index contributed by atoms with van der Waals surface area (Å²) in [6, 6.07) is 14.9. The predicted octanol–water partition coefficient (Wildman–Crippen LogP) is 3.49. The van der Waals surface area contributed by atoms with Gasteiger partial charge in [-0.15, -0.1) is 0 Å². The Hall–Kier alpha value is -5.13. The zero-order valence-electron chi connectivity index (χ0n) is 17.5. The van der Waals surface area contributed by atoms with Gasteiger partial charge in [-0.1, -0.05) is 0 Å². The van der Waals surface area contributed by atoms with Gasteiger partial charge in [-0.25, -0.2) is 10.2 Å². The lowest BCUT2D eigenvalue weighted by molar-refractivity contribution is -0.394. The normalized spacial score (nSPS) is 10.5. The minimum absolute atomic E-state index is 0.0959. The highest BCUT2D eigenvalue weighted by Crippen LogP contribution is 2.24. The van der Waals surface area contributed by atoms with E-state index < -0.39 is 33.1 Å². The van der Waals surface area contributed by atoms with Gasteiger partial charge in [0.2, 0.25) is 0 Å². The minimum Gasteiger partial charge on any atom is -0.497 e. The average Bonchev–Trinajstić information content (AvgIpc) is 2.84. The van der Waals surface area contributed by atoms with Crippen molar-refractivity contribution in [2.24, 2.45) is 5.10 Å². The quantitative estimate of drug-likeness (QED) is 0.174. The van der Waals surface area contributed by atoms with Gasteiger partial charge in [-0.3, -0.25) is 25.0 Å².